The average molecular weight is 411 g/mol. The molecule has 0 bridgehead atoms. The zero-order valence-electron chi connectivity index (χ0n) is 14.9. The molecular weight excluding hydrogens is 384 g/mol. The number of nitrogens with one attached hydrogen (secondary N) is 2. The first-order valence-electron chi connectivity index (χ1n) is 8.67. The quantitative estimate of drug-likeness (QED) is 0.313. The van der Waals surface area contributed by atoms with Crippen molar-refractivity contribution in [3.8, 4) is 0 Å². The van der Waals surface area contributed by atoms with Crippen molar-refractivity contribution in [1.29, 1.82) is 0 Å². The maximum atomic E-state index is 11.1. The van der Waals surface area contributed by atoms with Gasteiger partial charge < -0.3 is 20.3 Å². The van der Waals surface area contributed by atoms with E-state index >= 15 is 0 Å². The number of methoxy groups -OCH3 is 1. The van der Waals surface area contributed by atoms with Crippen LogP contribution < -0.4 is 15.5 Å². The minimum Gasteiger partial charge on any atom is -0.469 e. The zero-order valence-corrected chi connectivity index (χ0v) is 16.5. The van der Waals surface area contributed by atoms with Crippen LogP contribution in [0.2, 0.25) is 0 Å². The van der Waals surface area contributed by atoms with Crippen LogP contribution in [-0.4, -0.2) is 51.8 Å². The summed E-state index contributed by atoms with van der Waals surface area (Å²) in [6, 6.07) is 8.81. The number of benzene rings is 1. The van der Waals surface area contributed by atoms with Gasteiger partial charge in [-0.3, -0.25) is 9.79 Å². The van der Waals surface area contributed by atoms with Gasteiger partial charge in [0.2, 0.25) is 0 Å². The number of hydrogen-bond acceptors (Lipinski definition) is 4. The van der Waals surface area contributed by atoms with Crippen molar-refractivity contribution in [2.45, 2.75) is 31.7 Å². The molecule has 0 spiro atoms. The zero-order chi connectivity index (χ0) is 18.1. The van der Waals surface area contributed by atoms with Crippen molar-refractivity contribution in [2.75, 3.05) is 38.7 Å². The van der Waals surface area contributed by atoms with Crippen LogP contribution in [0.3, 0.4) is 0 Å². The maximum Gasteiger partial charge on any atom is 0.305 e. The Kier molecular flexibility index (Phi) is 8.04. The molecule has 6 nitrogen and oxygen atoms in total. The number of hydrogen-bond donors (Lipinski definition) is 2. The first-order valence-corrected chi connectivity index (χ1v) is 9.46. The topological polar surface area (TPSA) is 66.0 Å². The summed E-state index contributed by atoms with van der Waals surface area (Å²) in [6.07, 6.45) is 3.27. The predicted molar refractivity (Wildman–Crippen MR) is 105 cm³/mol. The average Bonchev–Trinajstić information content (AvgIpc) is 3.09. The number of rotatable bonds is 7. The van der Waals surface area contributed by atoms with Crippen molar-refractivity contribution >= 4 is 33.5 Å². The van der Waals surface area contributed by atoms with E-state index < -0.39 is 0 Å². The summed E-state index contributed by atoms with van der Waals surface area (Å²) < 4.78 is 5.74. The van der Waals surface area contributed by atoms with Crippen molar-refractivity contribution in [1.82, 2.24) is 10.6 Å². The van der Waals surface area contributed by atoms with Gasteiger partial charge in [0, 0.05) is 49.3 Å². The molecule has 0 aliphatic carbocycles. The molecule has 0 aromatic heterocycles. The minimum absolute atomic E-state index is 0.151. The Bertz CT molecular complexity index is 577. The molecule has 2 rings (SSSR count). The van der Waals surface area contributed by atoms with Crippen LogP contribution in [0.25, 0.3) is 0 Å². The third kappa shape index (κ3) is 6.57. The Morgan fingerprint density at radius 1 is 1.36 bits per heavy atom. The molecule has 0 radical (unpaired) electrons. The standard InChI is InChI=1S/C18H27BrN4O2/c1-20-18(21-11-4-3-5-17(24)25-2)22-15-10-12-23(13-15)16-8-6-14(19)7-9-16/h6-9,15H,3-5,10-13H2,1-2H3,(H2,20,21,22). The Hall–Kier alpha value is -1.76. The number of guanidine groups is 1. The molecule has 1 aromatic carbocycles. The van der Waals surface area contributed by atoms with E-state index in [1.165, 1.54) is 12.8 Å². The van der Waals surface area contributed by atoms with Gasteiger partial charge >= 0.3 is 5.97 Å². The van der Waals surface area contributed by atoms with E-state index in [-0.39, 0.29) is 5.97 Å². The van der Waals surface area contributed by atoms with Crippen molar-refractivity contribution in [3.63, 3.8) is 0 Å². The number of anilines is 1. The molecule has 1 fully saturated rings. The van der Waals surface area contributed by atoms with Gasteiger partial charge in [-0.25, -0.2) is 0 Å². The summed E-state index contributed by atoms with van der Waals surface area (Å²) in [4.78, 5) is 17.7. The molecule has 2 N–H and O–H groups in total. The smallest absolute Gasteiger partial charge is 0.305 e. The lowest BCUT2D eigenvalue weighted by atomic mass is 10.2. The molecule has 138 valence electrons. The fourth-order valence-corrected chi connectivity index (χ4v) is 3.12. The van der Waals surface area contributed by atoms with Crippen LogP contribution in [0.1, 0.15) is 25.7 Å². The fourth-order valence-electron chi connectivity index (χ4n) is 2.86. The van der Waals surface area contributed by atoms with E-state index in [0.29, 0.717) is 12.5 Å². The van der Waals surface area contributed by atoms with E-state index in [9.17, 15) is 4.79 Å². The monoisotopic (exact) mass is 410 g/mol. The van der Waals surface area contributed by atoms with E-state index in [1.807, 2.05) is 0 Å². The van der Waals surface area contributed by atoms with Crippen LogP contribution >= 0.6 is 15.9 Å². The van der Waals surface area contributed by atoms with Crippen LogP contribution in [-0.2, 0) is 9.53 Å². The third-order valence-corrected chi connectivity index (χ3v) is 4.80. The van der Waals surface area contributed by atoms with Crippen molar-refractivity contribution in [3.05, 3.63) is 28.7 Å². The largest absolute Gasteiger partial charge is 0.469 e. The first-order chi connectivity index (χ1) is 12.1. The van der Waals surface area contributed by atoms with Gasteiger partial charge in [-0.15, -0.1) is 0 Å². The molecule has 1 heterocycles. The Morgan fingerprint density at radius 2 is 2.12 bits per heavy atom. The summed E-state index contributed by atoms with van der Waals surface area (Å²) in [6.45, 7) is 2.79. The van der Waals surface area contributed by atoms with Crippen LogP contribution in [0, 0.1) is 0 Å². The van der Waals surface area contributed by atoms with E-state index in [0.717, 1.165) is 49.3 Å². The van der Waals surface area contributed by atoms with Crippen molar-refractivity contribution in [2.24, 2.45) is 4.99 Å². The Balaban J connectivity index is 1.69. The fraction of sp³-hybridized carbons (Fsp3) is 0.556. The lowest BCUT2D eigenvalue weighted by Gasteiger charge is -2.20. The number of halogens is 1. The molecule has 0 saturated carbocycles. The molecule has 1 aliphatic rings. The second kappa shape index (κ2) is 10.3. The third-order valence-electron chi connectivity index (χ3n) is 4.27. The van der Waals surface area contributed by atoms with Gasteiger partial charge in [0.1, 0.15) is 0 Å². The van der Waals surface area contributed by atoms with Gasteiger partial charge in [0.15, 0.2) is 5.96 Å². The predicted octanol–water partition coefficient (Wildman–Crippen LogP) is 2.54. The second-order valence-electron chi connectivity index (χ2n) is 6.08. The lowest BCUT2D eigenvalue weighted by molar-refractivity contribution is -0.140. The first kappa shape index (κ1) is 19.6. The summed E-state index contributed by atoms with van der Waals surface area (Å²) in [5.74, 6) is 0.669. The van der Waals surface area contributed by atoms with E-state index in [4.69, 9.17) is 0 Å². The molecule has 7 heteroatoms. The second-order valence-corrected chi connectivity index (χ2v) is 7.00. The minimum atomic E-state index is -0.151. The molecule has 25 heavy (non-hydrogen) atoms. The molecule has 1 aliphatic heterocycles. The normalized spacial score (nSPS) is 17.5. The highest BCUT2D eigenvalue weighted by Gasteiger charge is 2.23. The van der Waals surface area contributed by atoms with Gasteiger partial charge in [-0.1, -0.05) is 15.9 Å². The summed E-state index contributed by atoms with van der Waals surface area (Å²) >= 11 is 3.47. The number of esters is 1. The maximum absolute atomic E-state index is 11.1. The molecule has 1 saturated heterocycles. The lowest BCUT2D eigenvalue weighted by Crippen LogP contribution is -2.44. The summed E-state index contributed by atoms with van der Waals surface area (Å²) in [7, 11) is 3.21. The van der Waals surface area contributed by atoms with Gasteiger partial charge in [-0.05, 0) is 43.5 Å². The molecule has 0 amide bonds. The van der Waals surface area contributed by atoms with Gasteiger partial charge in [0.05, 0.1) is 7.11 Å². The highest BCUT2D eigenvalue weighted by molar-refractivity contribution is 9.10. The van der Waals surface area contributed by atoms with Gasteiger partial charge in [0.25, 0.3) is 0 Å². The highest BCUT2D eigenvalue weighted by atomic mass is 79.9. The summed E-state index contributed by atoms with van der Waals surface area (Å²) in [5.41, 5.74) is 1.25. The number of unbranched alkanes of at least 4 members (excludes halogenated alkanes) is 1. The van der Waals surface area contributed by atoms with E-state index in [2.05, 4.69) is 65.5 Å². The molecule has 1 aromatic rings. The number of nitrogens with zero attached hydrogens (tertiary/aromatic N) is 2. The molecule has 1 unspecified atom stereocenters. The number of carbonyl (C=O) groups excluding carboxylic acids is 1. The van der Waals surface area contributed by atoms with Crippen molar-refractivity contribution < 1.29 is 9.53 Å². The number of aliphatic imine (C=N–C) groups is 1. The van der Waals surface area contributed by atoms with Crippen LogP contribution in [0.5, 0.6) is 0 Å². The Labute approximate surface area is 158 Å². The SMILES string of the molecule is CN=C(NCCCCC(=O)OC)NC1CCN(c2ccc(Br)cc2)C1. The number of carbonyl (C=O) groups is 1. The van der Waals surface area contributed by atoms with E-state index in [1.54, 1.807) is 7.05 Å². The summed E-state index contributed by atoms with van der Waals surface area (Å²) in [5, 5.41) is 6.80. The molecule has 1 atom stereocenters. The highest BCUT2D eigenvalue weighted by Crippen LogP contribution is 2.22. The molecular formula is C18H27BrN4O2. The van der Waals surface area contributed by atoms with Gasteiger partial charge in [-0.2, -0.15) is 0 Å². The number of ether oxygens (including phenoxy) is 1. The Morgan fingerprint density at radius 3 is 2.80 bits per heavy atom. The van der Waals surface area contributed by atoms with Crippen LogP contribution in [0.4, 0.5) is 5.69 Å². The van der Waals surface area contributed by atoms with Crippen LogP contribution in [0.15, 0.2) is 33.7 Å².